The minimum absolute atomic E-state index is 0.0158. The Morgan fingerprint density at radius 1 is 0.938 bits per heavy atom. The fourth-order valence-electron chi connectivity index (χ4n) is 4.15. The van der Waals surface area contributed by atoms with Gasteiger partial charge < -0.3 is 19.9 Å². The highest BCUT2D eigenvalue weighted by atomic mass is 16.5. The second-order valence-corrected chi connectivity index (χ2v) is 7.79. The van der Waals surface area contributed by atoms with Crippen LogP contribution in [0, 0.1) is 5.92 Å². The molecule has 6 nitrogen and oxygen atoms in total. The molecule has 4 rings (SSSR count). The van der Waals surface area contributed by atoms with Crippen LogP contribution in [0.2, 0.25) is 0 Å². The average Bonchev–Trinajstić information content (AvgIpc) is 3.14. The largest absolute Gasteiger partial charge is 0.497 e. The van der Waals surface area contributed by atoms with Gasteiger partial charge in [0.1, 0.15) is 12.4 Å². The number of benzene rings is 3. The molecule has 0 heterocycles. The van der Waals surface area contributed by atoms with Gasteiger partial charge in [-0.25, -0.2) is 4.79 Å². The van der Waals surface area contributed by atoms with Gasteiger partial charge in [0, 0.05) is 12.5 Å². The highest BCUT2D eigenvalue weighted by molar-refractivity contribution is 5.79. The number of hydrogen-bond donors (Lipinski definition) is 2. The van der Waals surface area contributed by atoms with E-state index in [-0.39, 0.29) is 19.1 Å². The first kappa shape index (κ1) is 21.4. The highest BCUT2D eigenvalue weighted by Gasteiger charge is 2.29. The van der Waals surface area contributed by atoms with E-state index in [1.54, 1.807) is 19.2 Å². The van der Waals surface area contributed by atoms with Gasteiger partial charge in [-0.2, -0.15) is 0 Å². The van der Waals surface area contributed by atoms with E-state index < -0.39 is 18.0 Å². The third-order valence-corrected chi connectivity index (χ3v) is 5.83. The Labute approximate surface area is 186 Å². The number of hydrogen-bond acceptors (Lipinski definition) is 4. The SMILES string of the molecule is COc1ccc(CC(CNC(=O)OCC2c3ccccc3-c3ccccc32)C(=O)O)cc1. The van der Waals surface area contributed by atoms with Crippen LogP contribution in [0.15, 0.2) is 72.8 Å². The summed E-state index contributed by atoms with van der Waals surface area (Å²) in [5.74, 6) is -1.07. The number of methoxy groups -OCH3 is 1. The predicted molar refractivity (Wildman–Crippen MR) is 121 cm³/mol. The maximum atomic E-state index is 12.3. The first-order chi connectivity index (χ1) is 15.6. The molecule has 0 spiro atoms. The lowest BCUT2D eigenvalue weighted by Crippen LogP contribution is -2.35. The van der Waals surface area contributed by atoms with Crippen molar-refractivity contribution in [2.75, 3.05) is 20.3 Å². The van der Waals surface area contributed by atoms with E-state index in [2.05, 4.69) is 29.6 Å². The molecular formula is C26H25NO5. The average molecular weight is 431 g/mol. The lowest BCUT2D eigenvalue weighted by atomic mass is 9.98. The van der Waals surface area contributed by atoms with Crippen molar-refractivity contribution in [3.05, 3.63) is 89.5 Å². The van der Waals surface area contributed by atoms with Crippen LogP contribution in [-0.2, 0) is 16.0 Å². The second-order valence-electron chi connectivity index (χ2n) is 7.79. The van der Waals surface area contributed by atoms with E-state index in [1.165, 1.54) is 0 Å². The molecule has 1 unspecified atom stereocenters. The van der Waals surface area contributed by atoms with Crippen LogP contribution in [0.3, 0.4) is 0 Å². The van der Waals surface area contributed by atoms with Gasteiger partial charge in [0.25, 0.3) is 0 Å². The molecule has 0 radical (unpaired) electrons. The number of ether oxygens (including phenoxy) is 2. The Hall–Kier alpha value is -3.80. The summed E-state index contributed by atoms with van der Waals surface area (Å²) < 4.78 is 10.6. The number of rotatable bonds is 8. The summed E-state index contributed by atoms with van der Waals surface area (Å²) in [5.41, 5.74) is 5.42. The lowest BCUT2D eigenvalue weighted by molar-refractivity contribution is -0.141. The molecule has 1 aliphatic carbocycles. The Morgan fingerprint density at radius 2 is 1.53 bits per heavy atom. The third kappa shape index (κ3) is 4.59. The van der Waals surface area contributed by atoms with E-state index in [9.17, 15) is 14.7 Å². The summed E-state index contributed by atoms with van der Waals surface area (Å²) in [5, 5.41) is 12.2. The molecule has 32 heavy (non-hydrogen) atoms. The number of nitrogens with one attached hydrogen (secondary N) is 1. The maximum Gasteiger partial charge on any atom is 0.407 e. The minimum Gasteiger partial charge on any atom is -0.497 e. The zero-order valence-corrected chi connectivity index (χ0v) is 17.8. The zero-order chi connectivity index (χ0) is 22.5. The summed E-state index contributed by atoms with van der Waals surface area (Å²) in [6, 6.07) is 23.4. The highest BCUT2D eigenvalue weighted by Crippen LogP contribution is 2.44. The van der Waals surface area contributed by atoms with Gasteiger partial charge >= 0.3 is 12.1 Å². The number of fused-ring (bicyclic) bond motifs is 3. The molecule has 0 aliphatic heterocycles. The third-order valence-electron chi connectivity index (χ3n) is 5.83. The Balaban J connectivity index is 1.35. The fraction of sp³-hybridized carbons (Fsp3) is 0.231. The van der Waals surface area contributed by atoms with Crippen LogP contribution in [0.1, 0.15) is 22.6 Å². The molecule has 0 aromatic heterocycles. The topological polar surface area (TPSA) is 84.9 Å². The van der Waals surface area contributed by atoms with E-state index in [0.29, 0.717) is 12.2 Å². The molecule has 0 saturated heterocycles. The number of carbonyl (C=O) groups excluding carboxylic acids is 1. The van der Waals surface area contributed by atoms with Crippen molar-refractivity contribution in [1.82, 2.24) is 5.32 Å². The molecule has 3 aromatic carbocycles. The van der Waals surface area contributed by atoms with Crippen LogP contribution >= 0.6 is 0 Å². The zero-order valence-electron chi connectivity index (χ0n) is 17.8. The Morgan fingerprint density at radius 3 is 2.09 bits per heavy atom. The van der Waals surface area contributed by atoms with Gasteiger partial charge in [-0.1, -0.05) is 60.7 Å². The van der Waals surface area contributed by atoms with Crippen LogP contribution < -0.4 is 10.1 Å². The fourth-order valence-corrected chi connectivity index (χ4v) is 4.15. The molecule has 6 heteroatoms. The number of carboxylic acid groups (broad SMARTS) is 1. The quantitative estimate of drug-likeness (QED) is 0.549. The molecule has 0 fully saturated rings. The van der Waals surface area contributed by atoms with E-state index >= 15 is 0 Å². The lowest BCUT2D eigenvalue weighted by Gasteiger charge is -2.16. The molecule has 1 aliphatic rings. The molecule has 1 amide bonds. The molecule has 0 bridgehead atoms. The Bertz CT molecular complexity index is 1060. The number of carbonyl (C=O) groups is 2. The van der Waals surface area contributed by atoms with Crippen molar-refractivity contribution in [2.45, 2.75) is 12.3 Å². The normalized spacial score (nSPS) is 13.0. The maximum absolute atomic E-state index is 12.3. The smallest absolute Gasteiger partial charge is 0.407 e. The molecule has 3 aromatic rings. The van der Waals surface area contributed by atoms with Crippen LogP contribution in [0.5, 0.6) is 5.75 Å². The predicted octanol–water partition coefficient (Wildman–Crippen LogP) is 4.48. The van der Waals surface area contributed by atoms with Crippen molar-refractivity contribution < 1.29 is 24.2 Å². The van der Waals surface area contributed by atoms with Crippen molar-refractivity contribution in [3.8, 4) is 16.9 Å². The van der Waals surface area contributed by atoms with Crippen molar-refractivity contribution in [1.29, 1.82) is 0 Å². The second kappa shape index (κ2) is 9.56. The molecular weight excluding hydrogens is 406 g/mol. The standard InChI is InChI=1S/C26H25NO5/c1-31-19-12-10-17(11-13-19)14-18(25(28)29)15-27-26(30)32-16-24-22-8-4-2-6-20(22)21-7-3-5-9-23(21)24/h2-13,18,24H,14-16H2,1H3,(H,27,30)(H,28,29). The van der Waals surface area contributed by atoms with Gasteiger partial charge in [-0.15, -0.1) is 0 Å². The number of carboxylic acids is 1. The number of alkyl carbamates (subject to hydrolysis) is 1. The summed E-state index contributed by atoms with van der Waals surface area (Å²) in [6.45, 7) is 0.175. The van der Waals surface area contributed by atoms with Crippen LogP contribution in [0.4, 0.5) is 4.79 Å². The van der Waals surface area contributed by atoms with Crippen molar-refractivity contribution in [2.24, 2.45) is 5.92 Å². The van der Waals surface area contributed by atoms with Crippen LogP contribution in [0.25, 0.3) is 11.1 Å². The molecule has 2 N–H and O–H groups in total. The summed E-state index contributed by atoms with van der Waals surface area (Å²) in [4.78, 5) is 24.0. The van der Waals surface area contributed by atoms with E-state index in [1.807, 2.05) is 36.4 Å². The van der Waals surface area contributed by atoms with Gasteiger partial charge in [0.2, 0.25) is 0 Å². The monoisotopic (exact) mass is 431 g/mol. The van der Waals surface area contributed by atoms with E-state index in [4.69, 9.17) is 9.47 Å². The van der Waals surface area contributed by atoms with Gasteiger partial charge in [0.15, 0.2) is 0 Å². The van der Waals surface area contributed by atoms with Gasteiger partial charge in [0.05, 0.1) is 13.0 Å². The first-order valence-corrected chi connectivity index (χ1v) is 10.5. The van der Waals surface area contributed by atoms with Gasteiger partial charge in [-0.3, -0.25) is 4.79 Å². The summed E-state index contributed by atoms with van der Waals surface area (Å²) >= 11 is 0. The number of amides is 1. The number of aliphatic carboxylic acids is 1. The molecule has 0 saturated carbocycles. The van der Waals surface area contributed by atoms with Crippen LogP contribution in [-0.4, -0.2) is 37.4 Å². The summed E-state index contributed by atoms with van der Waals surface area (Å²) in [7, 11) is 1.58. The van der Waals surface area contributed by atoms with Gasteiger partial charge in [-0.05, 0) is 46.4 Å². The van der Waals surface area contributed by atoms with Crippen molar-refractivity contribution in [3.63, 3.8) is 0 Å². The summed E-state index contributed by atoms with van der Waals surface area (Å²) in [6.07, 6.45) is -0.323. The minimum atomic E-state index is -0.972. The molecule has 1 atom stereocenters. The molecule has 164 valence electrons. The first-order valence-electron chi connectivity index (χ1n) is 10.5. The Kier molecular flexibility index (Phi) is 6.40. The van der Waals surface area contributed by atoms with E-state index in [0.717, 1.165) is 27.8 Å². The van der Waals surface area contributed by atoms with Crippen molar-refractivity contribution >= 4 is 12.1 Å².